The van der Waals surface area contributed by atoms with Gasteiger partial charge in [0.15, 0.2) is 0 Å². The molecule has 0 spiro atoms. The lowest BCUT2D eigenvalue weighted by molar-refractivity contribution is 1.21. The number of aromatic nitrogens is 2. The van der Waals surface area contributed by atoms with Gasteiger partial charge in [-0.15, -0.1) is 0 Å². The van der Waals surface area contributed by atoms with Crippen LogP contribution in [0.4, 0.5) is 5.69 Å². The Bertz CT molecular complexity index is 455. The first kappa shape index (κ1) is 6.97. The molecule has 2 aromatic rings. The molecule has 1 aromatic carbocycles. The van der Waals surface area contributed by atoms with Crippen molar-refractivity contribution in [2.24, 2.45) is 0 Å². The molecule has 4 heteroatoms. The van der Waals surface area contributed by atoms with E-state index in [1.54, 1.807) is 0 Å². The molecule has 0 atom stereocenters. The van der Waals surface area contributed by atoms with E-state index >= 15 is 0 Å². The molecular formula is C8H9N3O. The van der Waals surface area contributed by atoms with Gasteiger partial charge in [0.2, 0.25) is 0 Å². The van der Waals surface area contributed by atoms with Crippen LogP contribution in [0.3, 0.4) is 0 Å². The lowest BCUT2D eigenvalue weighted by Gasteiger charge is -1.98. The van der Waals surface area contributed by atoms with E-state index in [9.17, 15) is 4.79 Å². The summed E-state index contributed by atoms with van der Waals surface area (Å²) in [6, 6.07) is 5.65. The molecule has 0 unspecified atom stereocenters. The molecular weight excluding hydrogens is 154 g/mol. The van der Waals surface area contributed by atoms with Crippen LogP contribution in [0.1, 0.15) is 0 Å². The molecule has 0 aliphatic heterocycles. The van der Waals surface area contributed by atoms with Crippen molar-refractivity contribution in [1.82, 2.24) is 9.97 Å². The van der Waals surface area contributed by atoms with Gasteiger partial charge in [-0.2, -0.15) is 0 Å². The van der Waals surface area contributed by atoms with Gasteiger partial charge in [-0.1, -0.05) is 6.07 Å². The van der Waals surface area contributed by atoms with E-state index < -0.39 is 0 Å². The molecule has 0 aliphatic carbocycles. The van der Waals surface area contributed by atoms with E-state index in [0.29, 0.717) is 0 Å². The van der Waals surface area contributed by atoms with Crippen molar-refractivity contribution in [3.05, 3.63) is 28.7 Å². The third kappa shape index (κ3) is 0.887. The highest BCUT2D eigenvalue weighted by Crippen LogP contribution is 2.16. The van der Waals surface area contributed by atoms with Crippen molar-refractivity contribution in [1.29, 1.82) is 0 Å². The number of rotatable bonds is 1. The largest absolute Gasteiger partial charge is 0.386 e. The van der Waals surface area contributed by atoms with E-state index in [1.807, 2.05) is 25.2 Å². The maximum absolute atomic E-state index is 10.9. The van der Waals surface area contributed by atoms with E-state index in [0.717, 1.165) is 16.7 Å². The van der Waals surface area contributed by atoms with E-state index in [1.165, 1.54) is 0 Å². The highest BCUT2D eigenvalue weighted by molar-refractivity contribution is 5.87. The molecule has 0 aliphatic rings. The van der Waals surface area contributed by atoms with Crippen molar-refractivity contribution in [3.8, 4) is 0 Å². The van der Waals surface area contributed by atoms with Gasteiger partial charge in [-0.25, -0.2) is 4.79 Å². The Labute approximate surface area is 68.6 Å². The Hall–Kier alpha value is -1.71. The zero-order valence-corrected chi connectivity index (χ0v) is 6.64. The maximum Gasteiger partial charge on any atom is 0.323 e. The van der Waals surface area contributed by atoms with Crippen LogP contribution >= 0.6 is 0 Å². The summed E-state index contributed by atoms with van der Waals surface area (Å²) < 4.78 is 0. The fraction of sp³-hybridized carbons (Fsp3) is 0.125. The zero-order valence-electron chi connectivity index (χ0n) is 6.64. The van der Waals surface area contributed by atoms with Crippen molar-refractivity contribution < 1.29 is 0 Å². The monoisotopic (exact) mass is 163 g/mol. The fourth-order valence-electron chi connectivity index (χ4n) is 1.27. The Kier molecular flexibility index (Phi) is 1.40. The number of imidazole rings is 1. The Morgan fingerprint density at radius 3 is 2.92 bits per heavy atom. The molecule has 2 rings (SSSR count). The van der Waals surface area contributed by atoms with Crippen LogP contribution in [0.5, 0.6) is 0 Å². The average molecular weight is 163 g/mol. The van der Waals surface area contributed by atoms with Crippen molar-refractivity contribution >= 4 is 16.7 Å². The summed E-state index contributed by atoms with van der Waals surface area (Å²) in [5, 5.41) is 2.99. The first-order valence-corrected chi connectivity index (χ1v) is 3.70. The normalized spacial score (nSPS) is 10.4. The first-order chi connectivity index (χ1) is 5.81. The van der Waals surface area contributed by atoms with E-state index in [-0.39, 0.29) is 5.69 Å². The second kappa shape index (κ2) is 2.41. The highest BCUT2D eigenvalue weighted by Gasteiger charge is 2.00. The number of hydrogen-bond acceptors (Lipinski definition) is 2. The van der Waals surface area contributed by atoms with Crippen LogP contribution in [0.25, 0.3) is 11.0 Å². The minimum absolute atomic E-state index is 0.173. The van der Waals surface area contributed by atoms with Crippen LogP contribution in [0.2, 0.25) is 0 Å². The Morgan fingerprint density at radius 2 is 2.17 bits per heavy atom. The average Bonchev–Trinajstić information content (AvgIpc) is 2.44. The zero-order chi connectivity index (χ0) is 8.55. The van der Waals surface area contributed by atoms with E-state index in [2.05, 4.69) is 15.3 Å². The molecule has 4 nitrogen and oxygen atoms in total. The predicted molar refractivity (Wildman–Crippen MR) is 48.5 cm³/mol. The van der Waals surface area contributed by atoms with Gasteiger partial charge >= 0.3 is 5.69 Å². The maximum atomic E-state index is 10.9. The summed E-state index contributed by atoms with van der Waals surface area (Å²) in [6.07, 6.45) is 0. The van der Waals surface area contributed by atoms with Crippen LogP contribution in [-0.4, -0.2) is 17.0 Å². The van der Waals surface area contributed by atoms with Crippen LogP contribution < -0.4 is 11.0 Å². The molecule has 1 aromatic heterocycles. The van der Waals surface area contributed by atoms with Gasteiger partial charge < -0.3 is 15.3 Å². The number of H-pyrrole nitrogens is 2. The molecule has 0 radical (unpaired) electrons. The van der Waals surface area contributed by atoms with Gasteiger partial charge in [-0.05, 0) is 12.1 Å². The summed E-state index contributed by atoms with van der Waals surface area (Å²) >= 11 is 0. The third-order valence-electron chi connectivity index (χ3n) is 1.82. The number of benzene rings is 1. The number of aromatic amines is 2. The second-order valence-corrected chi connectivity index (χ2v) is 2.56. The smallest absolute Gasteiger partial charge is 0.323 e. The van der Waals surface area contributed by atoms with Gasteiger partial charge in [0.25, 0.3) is 0 Å². The SMILES string of the molecule is CNc1cccc2[nH]c(=O)[nH]c12. The minimum Gasteiger partial charge on any atom is -0.386 e. The Morgan fingerprint density at radius 1 is 1.33 bits per heavy atom. The molecule has 0 saturated carbocycles. The highest BCUT2D eigenvalue weighted by atomic mass is 16.1. The van der Waals surface area contributed by atoms with Crippen LogP contribution in [0.15, 0.2) is 23.0 Å². The fourth-order valence-corrected chi connectivity index (χ4v) is 1.27. The predicted octanol–water partition coefficient (Wildman–Crippen LogP) is 0.898. The number of anilines is 1. The lowest BCUT2D eigenvalue weighted by Crippen LogP contribution is -1.99. The lowest BCUT2D eigenvalue weighted by atomic mass is 10.3. The summed E-state index contributed by atoms with van der Waals surface area (Å²) in [5.74, 6) is 0. The molecule has 3 N–H and O–H groups in total. The topological polar surface area (TPSA) is 60.7 Å². The number of fused-ring (bicyclic) bond motifs is 1. The second-order valence-electron chi connectivity index (χ2n) is 2.56. The minimum atomic E-state index is -0.173. The molecule has 0 amide bonds. The van der Waals surface area contributed by atoms with E-state index in [4.69, 9.17) is 0 Å². The van der Waals surface area contributed by atoms with Crippen LogP contribution in [0, 0.1) is 0 Å². The third-order valence-corrected chi connectivity index (χ3v) is 1.82. The van der Waals surface area contributed by atoms with Gasteiger partial charge in [0.1, 0.15) is 0 Å². The summed E-state index contributed by atoms with van der Waals surface area (Å²) in [5.41, 5.74) is 2.40. The molecule has 0 bridgehead atoms. The van der Waals surface area contributed by atoms with Crippen molar-refractivity contribution in [2.75, 3.05) is 12.4 Å². The summed E-state index contributed by atoms with van der Waals surface area (Å²) in [4.78, 5) is 16.3. The van der Waals surface area contributed by atoms with Gasteiger partial charge in [0.05, 0.1) is 16.7 Å². The Balaban J connectivity index is 2.87. The van der Waals surface area contributed by atoms with Gasteiger partial charge in [-0.3, -0.25) is 0 Å². The summed E-state index contributed by atoms with van der Waals surface area (Å²) in [6.45, 7) is 0. The number of para-hydroxylation sites is 1. The van der Waals surface area contributed by atoms with Crippen molar-refractivity contribution in [3.63, 3.8) is 0 Å². The number of hydrogen-bond donors (Lipinski definition) is 3. The quantitative estimate of drug-likeness (QED) is 0.584. The molecule has 1 heterocycles. The molecule has 0 fully saturated rings. The standard InChI is InChI=1S/C8H9N3O/c1-9-5-3-2-4-6-7(5)11-8(12)10-6/h2-4,9H,1H3,(H2,10,11,12). The van der Waals surface area contributed by atoms with Crippen molar-refractivity contribution in [2.45, 2.75) is 0 Å². The molecule has 62 valence electrons. The number of nitrogens with one attached hydrogen (secondary N) is 3. The van der Waals surface area contributed by atoms with Gasteiger partial charge in [0, 0.05) is 7.05 Å². The molecule has 12 heavy (non-hydrogen) atoms. The van der Waals surface area contributed by atoms with Crippen LogP contribution in [-0.2, 0) is 0 Å². The molecule has 0 saturated heterocycles. The first-order valence-electron chi connectivity index (χ1n) is 3.70. The summed E-state index contributed by atoms with van der Waals surface area (Å²) in [7, 11) is 1.82.